The summed E-state index contributed by atoms with van der Waals surface area (Å²) in [7, 11) is 1.78. The fourth-order valence-electron chi connectivity index (χ4n) is 1.60. The minimum atomic E-state index is -0.448. The third-order valence-corrected chi connectivity index (χ3v) is 2.91. The summed E-state index contributed by atoms with van der Waals surface area (Å²) in [5.74, 6) is 0.738. The molecule has 0 saturated heterocycles. The van der Waals surface area contributed by atoms with E-state index in [2.05, 4.69) is 15.5 Å². The van der Waals surface area contributed by atoms with Crippen molar-refractivity contribution in [1.82, 2.24) is 15.5 Å². The molecule has 0 spiro atoms. The minimum absolute atomic E-state index is 0.00187. The van der Waals surface area contributed by atoms with Crippen LogP contribution in [0.4, 0.5) is 5.69 Å². The quantitative estimate of drug-likeness (QED) is 0.670. The lowest BCUT2D eigenvalue weighted by molar-refractivity contribution is -0.384. The fraction of sp³-hybridized carbons (Fsp3) is 0.333. The number of non-ortho nitro benzene ring substituents is 1. The number of nitro groups is 1. The molecule has 1 aromatic heterocycles. The number of benzene rings is 1. The molecule has 0 aliphatic carbocycles. The number of aryl methyl sites for hydroxylation is 1. The second kappa shape index (κ2) is 5.15. The molecule has 0 radical (unpaired) electrons. The Kier molecular flexibility index (Phi) is 3.57. The van der Waals surface area contributed by atoms with Crippen molar-refractivity contribution in [3.05, 3.63) is 39.8 Å². The average Bonchev–Trinajstić information content (AvgIpc) is 2.87. The Hall–Kier alpha value is -2.28. The number of aromatic nitrogens is 2. The first-order valence-corrected chi connectivity index (χ1v) is 5.79. The molecule has 100 valence electrons. The second-order valence-electron chi connectivity index (χ2n) is 4.21. The van der Waals surface area contributed by atoms with Crippen LogP contribution in [0.25, 0.3) is 11.5 Å². The molecule has 0 aliphatic rings. The summed E-state index contributed by atoms with van der Waals surface area (Å²) < 4.78 is 5.53. The van der Waals surface area contributed by atoms with Gasteiger partial charge in [-0.25, -0.2) is 0 Å². The van der Waals surface area contributed by atoms with Crippen molar-refractivity contribution in [3.8, 4) is 11.5 Å². The van der Waals surface area contributed by atoms with E-state index in [4.69, 9.17) is 4.42 Å². The molecule has 0 saturated carbocycles. The molecule has 7 nitrogen and oxygen atoms in total. The second-order valence-corrected chi connectivity index (χ2v) is 4.21. The molecular formula is C12H14N4O3. The van der Waals surface area contributed by atoms with Crippen molar-refractivity contribution in [1.29, 1.82) is 0 Å². The lowest BCUT2D eigenvalue weighted by Crippen LogP contribution is -2.12. The van der Waals surface area contributed by atoms with Crippen molar-refractivity contribution in [2.45, 2.75) is 19.9 Å². The Bertz CT molecular complexity index is 609. The van der Waals surface area contributed by atoms with Gasteiger partial charge in [0.15, 0.2) is 0 Å². The molecule has 19 heavy (non-hydrogen) atoms. The number of nitrogens with one attached hydrogen (secondary N) is 1. The van der Waals surface area contributed by atoms with Crippen LogP contribution in [0.5, 0.6) is 0 Å². The first kappa shape index (κ1) is 13.2. The Morgan fingerprint density at radius 2 is 2.16 bits per heavy atom. The number of rotatable bonds is 4. The number of hydrogen-bond donors (Lipinski definition) is 1. The summed E-state index contributed by atoms with van der Waals surface area (Å²) in [4.78, 5) is 10.3. The highest BCUT2D eigenvalue weighted by Gasteiger charge is 2.17. The summed E-state index contributed by atoms with van der Waals surface area (Å²) in [6, 6.07) is 4.49. The number of nitrogens with zero attached hydrogens (tertiary/aromatic N) is 3. The van der Waals surface area contributed by atoms with Crippen molar-refractivity contribution in [2.75, 3.05) is 7.05 Å². The minimum Gasteiger partial charge on any atom is -0.419 e. The van der Waals surface area contributed by atoms with Crippen molar-refractivity contribution in [3.63, 3.8) is 0 Å². The lowest BCUT2D eigenvalue weighted by Gasteiger charge is -2.03. The van der Waals surface area contributed by atoms with Crippen LogP contribution in [0.15, 0.2) is 22.6 Å². The summed E-state index contributed by atoms with van der Waals surface area (Å²) in [6.45, 7) is 3.72. The van der Waals surface area contributed by atoms with Gasteiger partial charge in [0.05, 0.1) is 11.0 Å². The molecule has 1 heterocycles. The van der Waals surface area contributed by atoms with E-state index in [0.29, 0.717) is 17.3 Å². The van der Waals surface area contributed by atoms with Gasteiger partial charge in [-0.3, -0.25) is 10.1 Å². The molecule has 2 rings (SSSR count). The summed E-state index contributed by atoms with van der Waals surface area (Å²) in [5, 5.41) is 21.6. The highest BCUT2D eigenvalue weighted by molar-refractivity contribution is 5.62. The van der Waals surface area contributed by atoms with Crippen LogP contribution in [-0.2, 0) is 0 Å². The van der Waals surface area contributed by atoms with Gasteiger partial charge in [-0.1, -0.05) is 6.07 Å². The van der Waals surface area contributed by atoms with Crippen LogP contribution in [0, 0.1) is 17.0 Å². The van der Waals surface area contributed by atoms with Crippen LogP contribution >= 0.6 is 0 Å². The molecule has 0 fully saturated rings. The zero-order chi connectivity index (χ0) is 14.0. The largest absolute Gasteiger partial charge is 0.419 e. The fourth-order valence-corrected chi connectivity index (χ4v) is 1.60. The molecule has 2 aromatic rings. The first-order chi connectivity index (χ1) is 9.02. The van der Waals surface area contributed by atoms with Crippen LogP contribution in [0.3, 0.4) is 0 Å². The van der Waals surface area contributed by atoms with E-state index in [0.717, 1.165) is 5.56 Å². The smallest absolute Gasteiger partial charge is 0.270 e. The molecule has 1 N–H and O–H groups in total. The third-order valence-electron chi connectivity index (χ3n) is 2.91. The average molecular weight is 262 g/mol. The van der Waals surface area contributed by atoms with Crippen molar-refractivity contribution in [2.24, 2.45) is 0 Å². The maximum absolute atomic E-state index is 10.8. The van der Waals surface area contributed by atoms with Gasteiger partial charge in [-0.15, -0.1) is 10.2 Å². The highest BCUT2D eigenvalue weighted by atomic mass is 16.6. The Morgan fingerprint density at radius 1 is 1.42 bits per heavy atom. The SMILES string of the molecule is CNC(C)c1nnc(-c2cc([N+](=O)[O-])ccc2C)o1. The maximum Gasteiger partial charge on any atom is 0.270 e. The van der Waals surface area contributed by atoms with Crippen LogP contribution < -0.4 is 5.32 Å². The van der Waals surface area contributed by atoms with Gasteiger partial charge in [0, 0.05) is 17.7 Å². The maximum atomic E-state index is 10.8. The molecular weight excluding hydrogens is 248 g/mol. The molecule has 1 aromatic carbocycles. The van der Waals surface area contributed by atoms with Gasteiger partial charge < -0.3 is 9.73 Å². The van der Waals surface area contributed by atoms with E-state index in [-0.39, 0.29) is 11.7 Å². The Balaban J connectivity index is 2.43. The number of nitro benzene ring substituents is 1. The van der Waals surface area contributed by atoms with Gasteiger partial charge in [-0.2, -0.15) is 0 Å². The predicted molar refractivity (Wildman–Crippen MR) is 68.6 cm³/mol. The van der Waals surface area contributed by atoms with E-state index in [1.54, 1.807) is 13.1 Å². The molecule has 1 unspecified atom stereocenters. The van der Waals surface area contributed by atoms with Gasteiger partial charge in [0.1, 0.15) is 0 Å². The van der Waals surface area contributed by atoms with E-state index < -0.39 is 4.92 Å². The topological polar surface area (TPSA) is 94.1 Å². The summed E-state index contributed by atoms with van der Waals surface area (Å²) in [6.07, 6.45) is 0. The van der Waals surface area contributed by atoms with Crippen LogP contribution in [0.1, 0.15) is 24.4 Å². The molecule has 7 heteroatoms. The van der Waals surface area contributed by atoms with E-state index in [1.165, 1.54) is 12.1 Å². The van der Waals surface area contributed by atoms with E-state index in [9.17, 15) is 10.1 Å². The lowest BCUT2D eigenvalue weighted by atomic mass is 10.1. The summed E-state index contributed by atoms with van der Waals surface area (Å²) in [5.41, 5.74) is 1.43. The first-order valence-electron chi connectivity index (χ1n) is 5.79. The normalized spacial score (nSPS) is 12.4. The Morgan fingerprint density at radius 3 is 2.79 bits per heavy atom. The van der Waals surface area contributed by atoms with E-state index >= 15 is 0 Å². The zero-order valence-corrected chi connectivity index (χ0v) is 10.9. The molecule has 0 bridgehead atoms. The molecule has 0 aliphatic heterocycles. The third kappa shape index (κ3) is 2.60. The van der Waals surface area contributed by atoms with Gasteiger partial charge in [0.25, 0.3) is 5.69 Å². The zero-order valence-electron chi connectivity index (χ0n) is 10.9. The van der Waals surface area contributed by atoms with Gasteiger partial charge in [-0.05, 0) is 26.5 Å². The van der Waals surface area contributed by atoms with Crippen molar-refractivity contribution < 1.29 is 9.34 Å². The number of hydrogen-bond acceptors (Lipinski definition) is 6. The van der Waals surface area contributed by atoms with Gasteiger partial charge >= 0.3 is 0 Å². The summed E-state index contributed by atoms with van der Waals surface area (Å²) >= 11 is 0. The predicted octanol–water partition coefficient (Wildman–Crippen LogP) is 2.23. The van der Waals surface area contributed by atoms with Crippen LogP contribution in [-0.4, -0.2) is 22.2 Å². The highest BCUT2D eigenvalue weighted by Crippen LogP contribution is 2.27. The van der Waals surface area contributed by atoms with E-state index in [1.807, 2.05) is 13.8 Å². The monoisotopic (exact) mass is 262 g/mol. The molecule has 1 atom stereocenters. The van der Waals surface area contributed by atoms with Crippen molar-refractivity contribution >= 4 is 5.69 Å². The standard InChI is InChI=1S/C12H14N4O3/c1-7-4-5-9(16(17)18)6-10(7)12-15-14-11(19-12)8(2)13-3/h4-6,8,13H,1-3H3. The Labute approximate surface area is 109 Å². The van der Waals surface area contributed by atoms with Gasteiger partial charge in [0.2, 0.25) is 11.8 Å². The molecule has 0 amide bonds. The van der Waals surface area contributed by atoms with Crippen LogP contribution in [0.2, 0.25) is 0 Å².